The summed E-state index contributed by atoms with van der Waals surface area (Å²) in [5.74, 6) is 0. The van der Waals surface area contributed by atoms with Crippen molar-refractivity contribution in [2.45, 2.75) is 13.8 Å². The third kappa shape index (κ3) is 1.15. The molecule has 0 aliphatic heterocycles. The normalized spacial score (nSPS) is 9.69. The van der Waals surface area contributed by atoms with Crippen molar-refractivity contribution in [1.82, 2.24) is 14.6 Å². The zero-order valence-electron chi connectivity index (χ0n) is 7.41. The van der Waals surface area contributed by atoms with Gasteiger partial charge in [0.15, 0.2) is 0 Å². The average Bonchev–Trinajstić information content (AvgIpc) is 2.49. The van der Waals surface area contributed by atoms with E-state index in [1.165, 1.54) is 0 Å². The van der Waals surface area contributed by atoms with E-state index in [4.69, 9.17) is 0 Å². The molecule has 2 heterocycles. The molecule has 1 radical (unpaired) electrons. The maximum atomic E-state index is 4.33. The standard InChI is InChI=1S/C9H10N3.Lr/c1-3-8-6-9-10-4-5-12(9)11-7(8)2;/h3-6H,1-2H3;/q-1;. The SMILES string of the molecule is C[CH-]c1cc2nccn2nc1C.[Lr]. The third-order valence-electron chi connectivity index (χ3n) is 1.92. The van der Waals surface area contributed by atoms with Crippen LogP contribution in [0.2, 0.25) is 0 Å². The van der Waals surface area contributed by atoms with Crippen LogP contribution >= 0.6 is 0 Å². The second kappa shape index (κ2) is 2.85. The van der Waals surface area contributed by atoms with Crippen molar-refractivity contribution in [2.75, 3.05) is 0 Å². The molecule has 0 bridgehead atoms. The molecule has 0 aliphatic carbocycles. The molecule has 0 N–H and O–H groups in total. The Bertz CT molecular complexity index is 408. The van der Waals surface area contributed by atoms with Crippen LogP contribution in [-0.4, -0.2) is 14.6 Å². The Morgan fingerprint density at radius 1 is 1.46 bits per heavy atom. The number of imidazole rings is 1. The summed E-state index contributed by atoms with van der Waals surface area (Å²) in [6, 6.07) is 2.03. The monoisotopic (exact) mass is 422 g/mol. The molecular formula is C9H10LrN3-. The molecule has 0 aliphatic rings. The van der Waals surface area contributed by atoms with Crippen LogP contribution in [0.15, 0.2) is 18.5 Å². The Labute approximate surface area is 71.1 Å². The molecule has 77 valence electrons. The summed E-state index contributed by atoms with van der Waals surface area (Å²) in [6.07, 6.45) is 5.64. The summed E-state index contributed by atoms with van der Waals surface area (Å²) >= 11 is 0. The Balaban J connectivity index is 0.000000845. The molecule has 0 saturated heterocycles. The maximum Gasteiger partial charge on any atom is 0.0978 e. The molecule has 3 nitrogen and oxygen atoms in total. The van der Waals surface area contributed by atoms with E-state index in [0.717, 1.165) is 16.9 Å². The average molecular weight is 422 g/mol. The van der Waals surface area contributed by atoms with E-state index in [2.05, 4.69) is 10.1 Å². The number of aromatic nitrogens is 3. The molecule has 13 heavy (non-hydrogen) atoms. The van der Waals surface area contributed by atoms with Gasteiger partial charge >= 0.3 is 0 Å². The summed E-state index contributed by atoms with van der Waals surface area (Å²) in [4.78, 5) is 4.15. The molecule has 0 atom stereocenters. The molecule has 0 spiro atoms. The van der Waals surface area contributed by atoms with Gasteiger partial charge < -0.3 is 0 Å². The van der Waals surface area contributed by atoms with Crippen LogP contribution in [-0.2, 0) is 0 Å². The van der Waals surface area contributed by atoms with Gasteiger partial charge in [-0.15, -0.1) is 6.07 Å². The van der Waals surface area contributed by atoms with Crippen LogP contribution in [0.4, 0.5) is 0 Å². The number of nitrogens with zero attached hydrogens (tertiary/aromatic N) is 3. The van der Waals surface area contributed by atoms with E-state index in [9.17, 15) is 0 Å². The number of rotatable bonds is 1. The van der Waals surface area contributed by atoms with Crippen molar-refractivity contribution in [2.24, 2.45) is 0 Å². The van der Waals surface area contributed by atoms with Gasteiger partial charge in [-0.3, -0.25) is 0 Å². The van der Waals surface area contributed by atoms with Gasteiger partial charge in [0.2, 0.25) is 0 Å². The Morgan fingerprint density at radius 2 is 2.23 bits per heavy atom. The minimum absolute atomic E-state index is 0. The predicted molar refractivity (Wildman–Crippen MR) is 46.8 cm³/mol. The van der Waals surface area contributed by atoms with Crippen LogP contribution in [0.3, 0.4) is 0 Å². The van der Waals surface area contributed by atoms with E-state index < -0.39 is 0 Å². The minimum Gasteiger partial charge on any atom is -0.249 e. The second-order valence-electron chi connectivity index (χ2n) is 2.70. The molecule has 0 aromatic carbocycles. The number of fused-ring (bicyclic) bond motifs is 1. The summed E-state index contributed by atoms with van der Waals surface area (Å²) < 4.78 is 1.78. The zero-order chi connectivity index (χ0) is 8.55. The van der Waals surface area contributed by atoms with Gasteiger partial charge in [-0.2, -0.15) is 12.0 Å². The predicted octanol–water partition coefficient (Wildman–Crippen LogP) is 1.61. The molecule has 2 rings (SSSR count). The maximum absolute atomic E-state index is 4.33. The van der Waals surface area contributed by atoms with Crippen molar-refractivity contribution >= 4 is 5.65 Å². The number of aryl methyl sites for hydroxylation is 1. The molecule has 2 aromatic heterocycles. The van der Waals surface area contributed by atoms with E-state index in [-0.39, 0.29) is 0 Å². The van der Waals surface area contributed by atoms with Crippen LogP contribution in [0, 0.1) is 13.3 Å². The van der Waals surface area contributed by atoms with Crippen LogP contribution < -0.4 is 0 Å². The molecule has 0 unspecified atom stereocenters. The van der Waals surface area contributed by atoms with Crippen molar-refractivity contribution in [3.63, 3.8) is 0 Å². The molecular weight excluding hydrogens is 412 g/mol. The smallest absolute Gasteiger partial charge is 0.0978 e. The summed E-state index contributed by atoms with van der Waals surface area (Å²) in [5.41, 5.74) is 3.07. The molecule has 0 amide bonds. The van der Waals surface area contributed by atoms with Crippen molar-refractivity contribution in [3.05, 3.63) is 36.1 Å². The van der Waals surface area contributed by atoms with Crippen LogP contribution in [0.25, 0.3) is 5.65 Å². The first-order chi connectivity index (χ1) is 5.81. The second-order valence-corrected chi connectivity index (χ2v) is 2.70. The largest absolute Gasteiger partial charge is 0.249 e. The molecule has 2 aromatic rings. The van der Waals surface area contributed by atoms with E-state index in [1.807, 2.05) is 32.5 Å². The summed E-state index contributed by atoms with van der Waals surface area (Å²) in [6.45, 7) is 4.00. The first-order valence-corrected chi connectivity index (χ1v) is 3.91. The minimum atomic E-state index is 0. The molecule has 0 fully saturated rings. The first-order valence-electron chi connectivity index (χ1n) is 3.91. The Hall–Kier alpha value is -2.51. The third-order valence-corrected chi connectivity index (χ3v) is 1.92. The van der Waals surface area contributed by atoms with Crippen molar-refractivity contribution in [1.29, 1.82) is 0 Å². The fraction of sp³-hybridized carbons (Fsp3) is 0.222. The van der Waals surface area contributed by atoms with Crippen molar-refractivity contribution in [3.8, 4) is 0 Å². The van der Waals surface area contributed by atoms with Crippen LogP contribution in [0.1, 0.15) is 18.2 Å². The number of hydrogen-bond donors (Lipinski definition) is 0. The van der Waals surface area contributed by atoms with Crippen molar-refractivity contribution < 1.29 is 0 Å². The van der Waals surface area contributed by atoms with E-state index in [0.29, 0.717) is 0 Å². The topological polar surface area (TPSA) is 30.2 Å². The van der Waals surface area contributed by atoms with Gasteiger partial charge in [0.25, 0.3) is 0 Å². The van der Waals surface area contributed by atoms with E-state index >= 15 is 0 Å². The summed E-state index contributed by atoms with van der Waals surface area (Å²) in [5, 5.41) is 4.33. The summed E-state index contributed by atoms with van der Waals surface area (Å²) in [7, 11) is 0. The van der Waals surface area contributed by atoms with Gasteiger partial charge in [-0.25, -0.2) is 14.6 Å². The molecule has 4 heteroatoms. The van der Waals surface area contributed by atoms with Crippen LogP contribution in [0.5, 0.6) is 0 Å². The molecule has 0 saturated carbocycles. The van der Waals surface area contributed by atoms with E-state index in [1.54, 1.807) is 10.7 Å². The van der Waals surface area contributed by atoms with Gasteiger partial charge in [-0.1, -0.05) is 13.8 Å². The van der Waals surface area contributed by atoms with Gasteiger partial charge in [0.05, 0.1) is 5.65 Å². The first kappa shape index (κ1) is 8.59. The fourth-order valence-corrected chi connectivity index (χ4v) is 1.25. The quantitative estimate of drug-likeness (QED) is 0.654. The van der Waals surface area contributed by atoms with Gasteiger partial charge in [0.1, 0.15) is 0 Å². The zero-order valence-corrected chi connectivity index (χ0v) is 9.56. The Morgan fingerprint density at radius 3 is 2.92 bits per heavy atom. The number of hydrogen-bond acceptors (Lipinski definition) is 2. The fourth-order valence-electron chi connectivity index (χ4n) is 1.25. The van der Waals surface area contributed by atoms with Gasteiger partial charge in [-0.05, 0) is 5.69 Å². The van der Waals surface area contributed by atoms with Gasteiger partial charge in [0, 0.05) is 12.4 Å². The Kier molecular flexibility index (Phi) is 1.88.